The number of hydrogen-bond donors (Lipinski definition) is 2. The number of fused-ring (bicyclic) bond motifs is 1. The lowest BCUT2D eigenvalue weighted by molar-refractivity contribution is 0.0997. The number of aromatic nitrogens is 4. The molecule has 0 radical (unpaired) electrons. The standard InChI is InChI=1S/C45H46FN6O6P/c1-32-15-18-38(19-16-32)52-43(27-42(50-52)45(2,3)4)49-44(53)47-28-36-25-37(46)17-22-41(36)58-39-20-21-40-35(26-39)29-48-51(40)23-24-55-59(54,56-30-33-11-7-5-8-12-33)57-31-34-13-9-6-10-14-34/h5-22,25-27,29H,23-24,28,30-31H2,1-4H3,(H2,47,49,53). The number of amides is 2. The van der Waals surface area contributed by atoms with Crippen molar-refractivity contribution in [2.45, 2.75) is 59.4 Å². The number of carbonyl (C=O) groups excluding carboxylic acids is 1. The third-order valence-corrected chi connectivity index (χ3v) is 10.7. The molecule has 7 aromatic rings. The summed E-state index contributed by atoms with van der Waals surface area (Å²) in [6.45, 7) is 8.52. The van der Waals surface area contributed by atoms with Crippen molar-refractivity contribution < 1.29 is 32.1 Å². The van der Waals surface area contributed by atoms with Gasteiger partial charge in [-0.1, -0.05) is 99.1 Å². The van der Waals surface area contributed by atoms with Crippen LogP contribution in [0, 0.1) is 12.7 Å². The number of carbonyl (C=O) groups is 1. The lowest BCUT2D eigenvalue weighted by Crippen LogP contribution is -2.29. The summed E-state index contributed by atoms with van der Waals surface area (Å²) in [7, 11) is -3.96. The van der Waals surface area contributed by atoms with E-state index in [0.29, 0.717) is 22.9 Å². The molecule has 0 aliphatic heterocycles. The number of rotatable bonds is 16. The molecule has 0 bridgehead atoms. The molecule has 14 heteroatoms. The first-order chi connectivity index (χ1) is 28.4. The molecule has 12 nitrogen and oxygen atoms in total. The fourth-order valence-corrected chi connectivity index (χ4v) is 7.22. The van der Waals surface area contributed by atoms with Gasteiger partial charge in [0.15, 0.2) is 0 Å². The van der Waals surface area contributed by atoms with Gasteiger partial charge in [0.05, 0.1) is 49.5 Å². The van der Waals surface area contributed by atoms with E-state index < -0.39 is 19.7 Å². The average molecular weight is 817 g/mol. The molecule has 0 saturated carbocycles. The topological polar surface area (TPSA) is 131 Å². The van der Waals surface area contributed by atoms with Crippen LogP contribution in [0.15, 0.2) is 134 Å². The number of halogens is 1. The highest BCUT2D eigenvalue weighted by molar-refractivity contribution is 7.48. The summed E-state index contributed by atoms with van der Waals surface area (Å²) in [4.78, 5) is 13.3. The Morgan fingerprint density at radius 2 is 1.49 bits per heavy atom. The van der Waals surface area contributed by atoms with Crippen LogP contribution >= 0.6 is 7.82 Å². The largest absolute Gasteiger partial charge is 0.475 e. The van der Waals surface area contributed by atoms with Gasteiger partial charge >= 0.3 is 13.9 Å². The number of benzene rings is 5. The van der Waals surface area contributed by atoms with Crippen molar-refractivity contribution in [2.75, 3.05) is 11.9 Å². The number of nitrogens with zero attached hydrogens (tertiary/aromatic N) is 4. The normalized spacial score (nSPS) is 11.8. The molecule has 0 saturated heterocycles. The van der Waals surface area contributed by atoms with Crippen LogP contribution in [0.1, 0.15) is 48.7 Å². The molecule has 0 spiro atoms. The lowest BCUT2D eigenvalue weighted by atomic mass is 9.92. The zero-order valence-corrected chi connectivity index (χ0v) is 34.2. The molecule has 2 N–H and O–H groups in total. The molecule has 5 aromatic carbocycles. The van der Waals surface area contributed by atoms with Crippen molar-refractivity contribution in [3.05, 3.63) is 167 Å². The lowest BCUT2D eigenvalue weighted by Gasteiger charge is -2.18. The minimum atomic E-state index is -3.96. The Labute approximate surface area is 342 Å². The van der Waals surface area contributed by atoms with E-state index in [4.69, 9.17) is 23.4 Å². The van der Waals surface area contributed by atoms with Gasteiger partial charge in [-0.15, -0.1) is 0 Å². The van der Waals surface area contributed by atoms with Gasteiger partial charge in [0.25, 0.3) is 0 Å². The van der Waals surface area contributed by atoms with E-state index in [1.807, 2.05) is 110 Å². The molecule has 0 atom stereocenters. The molecule has 0 aliphatic rings. The van der Waals surface area contributed by atoms with E-state index in [0.717, 1.165) is 39.0 Å². The first-order valence-corrected chi connectivity index (χ1v) is 20.6. The van der Waals surface area contributed by atoms with Crippen molar-refractivity contribution in [3.8, 4) is 17.2 Å². The van der Waals surface area contributed by atoms with Gasteiger partial charge in [-0.25, -0.2) is 18.4 Å². The molecule has 7 rings (SSSR count). The summed E-state index contributed by atoms with van der Waals surface area (Å²) < 4.78 is 55.2. The predicted molar refractivity (Wildman–Crippen MR) is 225 cm³/mol. The van der Waals surface area contributed by atoms with Gasteiger partial charge < -0.3 is 10.1 Å². The van der Waals surface area contributed by atoms with Crippen molar-refractivity contribution in [1.82, 2.24) is 24.9 Å². The Bertz CT molecular complexity index is 2510. The molecular formula is C45H46FN6O6P. The predicted octanol–water partition coefficient (Wildman–Crippen LogP) is 10.6. The van der Waals surface area contributed by atoms with Crippen LogP contribution in [0.3, 0.4) is 0 Å². The second-order valence-corrected chi connectivity index (χ2v) is 16.6. The fourth-order valence-electron chi connectivity index (χ4n) is 6.08. The van der Waals surface area contributed by atoms with Gasteiger partial charge in [0.1, 0.15) is 23.1 Å². The number of aryl methyl sites for hydroxylation is 1. The van der Waals surface area contributed by atoms with Crippen LogP contribution in [0.2, 0.25) is 0 Å². The highest BCUT2D eigenvalue weighted by atomic mass is 31.2. The van der Waals surface area contributed by atoms with E-state index in [1.165, 1.54) is 18.2 Å². The second kappa shape index (κ2) is 18.2. The minimum absolute atomic E-state index is 0.00144. The maximum atomic E-state index is 14.5. The summed E-state index contributed by atoms with van der Waals surface area (Å²) >= 11 is 0. The molecule has 0 aliphatic carbocycles. The number of anilines is 1. The quantitative estimate of drug-likeness (QED) is 0.0922. The average Bonchev–Trinajstić information content (AvgIpc) is 3.85. The highest BCUT2D eigenvalue weighted by Crippen LogP contribution is 2.51. The third-order valence-electron chi connectivity index (χ3n) is 9.32. The number of hydrogen-bond acceptors (Lipinski definition) is 8. The van der Waals surface area contributed by atoms with Crippen LogP contribution in [-0.2, 0) is 49.9 Å². The second-order valence-electron chi connectivity index (χ2n) is 15.0. The molecule has 59 heavy (non-hydrogen) atoms. The Hall–Kier alpha value is -6.11. The molecule has 2 heterocycles. The molecule has 2 aromatic heterocycles. The van der Waals surface area contributed by atoms with Gasteiger partial charge in [0.2, 0.25) is 0 Å². The summed E-state index contributed by atoms with van der Waals surface area (Å²) in [6, 6.07) is 37.5. The Kier molecular flexibility index (Phi) is 12.7. The highest BCUT2D eigenvalue weighted by Gasteiger charge is 2.27. The maximum Gasteiger partial charge on any atom is 0.475 e. The summed E-state index contributed by atoms with van der Waals surface area (Å²) in [5.41, 5.74) is 5.34. The number of nitrogens with one attached hydrogen (secondary N) is 2. The van der Waals surface area contributed by atoms with Gasteiger partial charge in [-0.3, -0.25) is 23.6 Å². The first-order valence-electron chi connectivity index (χ1n) is 19.2. The summed E-state index contributed by atoms with van der Waals surface area (Å²) in [5.74, 6) is 0.874. The van der Waals surface area contributed by atoms with E-state index in [2.05, 4.69) is 36.5 Å². The molecular weight excluding hydrogens is 771 g/mol. The molecule has 304 valence electrons. The smallest absolute Gasteiger partial charge is 0.457 e. The number of phosphoric acid groups is 1. The van der Waals surface area contributed by atoms with E-state index >= 15 is 0 Å². The molecule has 0 fully saturated rings. The molecule has 2 amide bonds. The summed E-state index contributed by atoms with van der Waals surface area (Å²) in [6.07, 6.45) is 1.68. The number of urea groups is 1. The van der Waals surface area contributed by atoms with E-state index in [-0.39, 0.29) is 38.3 Å². The van der Waals surface area contributed by atoms with Crippen LogP contribution in [0.5, 0.6) is 11.5 Å². The van der Waals surface area contributed by atoms with Crippen molar-refractivity contribution in [1.29, 1.82) is 0 Å². The SMILES string of the molecule is Cc1ccc(-n2nc(C(C)(C)C)cc2NC(=O)NCc2cc(F)ccc2Oc2ccc3c(cnn3CCOP(=O)(OCc3ccccc3)OCc3ccccc3)c2)cc1. The van der Waals surface area contributed by atoms with E-state index in [1.54, 1.807) is 21.6 Å². The van der Waals surface area contributed by atoms with Crippen molar-refractivity contribution in [3.63, 3.8) is 0 Å². The van der Waals surface area contributed by atoms with Crippen molar-refractivity contribution in [2.24, 2.45) is 0 Å². The zero-order chi connectivity index (χ0) is 41.4. The van der Waals surface area contributed by atoms with E-state index in [9.17, 15) is 13.8 Å². The Morgan fingerprint density at radius 1 is 0.814 bits per heavy atom. The number of phosphoric ester groups is 1. The molecule has 0 unspecified atom stereocenters. The van der Waals surface area contributed by atoms with Gasteiger partial charge in [-0.2, -0.15) is 10.2 Å². The Morgan fingerprint density at radius 3 is 2.15 bits per heavy atom. The fraction of sp³-hybridized carbons (Fsp3) is 0.222. The first kappa shape index (κ1) is 41.1. The van der Waals surface area contributed by atoms with Crippen LogP contribution < -0.4 is 15.4 Å². The van der Waals surface area contributed by atoms with Crippen LogP contribution in [0.4, 0.5) is 15.0 Å². The van der Waals surface area contributed by atoms with Gasteiger partial charge in [-0.05, 0) is 66.6 Å². The number of ether oxygens (including phenoxy) is 1. The third kappa shape index (κ3) is 10.9. The minimum Gasteiger partial charge on any atom is -0.457 e. The van der Waals surface area contributed by atoms with Crippen LogP contribution in [-0.4, -0.2) is 32.2 Å². The van der Waals surface area contributed by atoms with Gasteiger partial charge in [0, 0.05) is 29.0 Å². The van der Waals surface area contributed by atoms with Crippen molar-refractivity contribution >= 4 is 30.6 Å². The van der Waals surface area contributed by atoms with Crippen LogP contribution in [0.25, 0.3) is 16.6 Å². The summed E-state index contributed by atoms with van der Waals surface area (Å²) in [5, 5.41) is 15.8. The maximum absolute atomic E-state index is 14.5. The monoisotopic (exact) mass is 816 g/mol. The Balaban J connectivity index is 0.988. The zero-order valence-electron chi connectivity index (χ0n) is 33.3.